The van der Waals surface area contributed by atoms with Crippen molar-refractivity contribution in [1.82, 2.24) is 35.0 Å². The van der Waals surface area contributed by atoms with Crippen LogP contribution in [0.4, 0.5) is 10.1 Å². The van der Waals surface area contributed by atoms with Crippen LogP contribution < -0.4 is 5.32 Å². The number of aromatic nitrogens is 6. The van der Waals surface area contributed by atoms with Gasteiger partial charge in [0.05, 0.1) is 28.8 Å². The molecule has 0 saturated heterocycles. The van der Waals surface area contributed by atoms with Crippen LogP contribution in [0.15, 0.2) is 73.3 Å². The number of anilines is 1. The second kappa shape index (κ2) is 9.44. The molecule has 9 heteroatoms. The Morgan fingerprint density at radius 3 is 2.59 bits per heavy atom. The van der Waals surface area contributed by atoms with Gasteiger partial charge in [-0.15, -0.1) is 0 Å². The first-order chi connectivity index (χ1) is 18.0. The number of likely N-dealkylation sites (N-methyl/N-ethyl adjacent to an activating group) is 1. The van der Waals surface area contributed by atoms with Crippen molar-refractivity contribution in [2.45, 2.75) is 0 Å². The number of fused-ring (bicyclic) bond motifs is 2. The molecule has 4 aromatic heterocycles. The highest BCUT2D eigenvalue weighted by Crippen LogP contribution is 2.35. The molecule has 37 heavy (non-hydrogen) atoms. The van der Waals surface area contributed by atoms with Gasteiger partial charge in [0.15, 0.2) is 0 Å². The minimum absolute atomic E-state index is 0.311. The zero-order valence-electron chi connectivity index (χ0n) is 20.5. The van der Waals surface area contributed by atoms with E-state index in [2.05, 4.69) is 46.4 Å². The Hall–Kier alpha value is -4.63. The Bertz CT molecular complexity index is 1700. The molecule has 0 aliphatic carbocycles. The van der Waals surface area contributed by atoms with Crippen molar-refractivity contribution in [3.63, 3.8) is 0 Å². The fourth-order valence-electron chi connectivity index (χ4n) is 4.49. The van der Waals surface area contributed by atoms with Crippen molar-refractivity contribution >= 4 is 27.5 Å². The van der Waals surface area contributed by atoms with Crippen molar-refractivity contribution in [1.29, 1.82) is 0 Å². The van der Waals surface area contributed by atoms with Crippen molar-refractivity contribution in [2.75, 3.05) is 32.5 Å². The molecule has 0 aliphatic heterocycles. The summed E-state index contributed by atoms with van der Waals surface area (Å²) >= 11 is 0. The van der Waals surface area contributed by atoms with Crippen molar-refractivity contribution in [2.24, 2.45) is 0 Å². The van der Waals surface area contributed by atoms with Crippen LogP contribution in [0.25, 0.3) is 55.7 Å². The number of halogens is 1. The maximum absolute atomic E-state index is 14.6. The first kappa shape index (κ1) is 22.8. The van der Waals surface area contributed by atoms with E-state index < -0.39 is 0 Å². The number of hydrogen-bond acceptors (Lipinski definition) is 6. The van der Waals surface area contributed by atoms with Gasteiger partial charge < -0.3 is 15.2 Å². The molecule has 0 aliphatic rings. The minimum atomic E-state index is -0.311. The number of H-pyrrole nitrogens is 2. The first-order valence-electron chi connectivity index (χ1n) is 12.0. The summed E-state index contributed by atoms with van der Waals surface area (Å²) in [6.07, 6.45) is 6.81. The van der Waals surface area contributed by atoms with Crippen LogP contribution >= 0.6 is 0 Å². The van der Waals surface area contributed by atoms with Gasteiger partial charge >= 0.3 is 0 Å². The summed E-state index contributed by atoms with van der Waals surface area (Å²) in [6, 6.07) is 14.9. The summed E-state index contributed by atoms with van der Waals surface area (Å²) in [5.41, 5.74) is 7.32. The molecule has 0 fully saturated rings. The molecule has 0 bridgehead atoms. The number of pyridine rings is 1. The molecule has 2 aromatic carbocycles. The number of benzene rings is 2. The van der Waals surface area contributed by atoms with Gasteiger partial charge in [-0.05, 0) is 56.6 Å². The Morgan fingerprint density at radius 1 is 0.865 bits per heavy atom. The van der Waals surface area contributed by atoms with Crippen LogP contribution in [0.1, 0.15) is 0 Å². The van der Waals surface area contributed by atoms with Gasteiger partial charge in [0.1, 0.15) is 11.5 Å². The molecular weight excluding hydrogens is 467 g/mol. The second-order valence-electron chi connectivity index (χ2n) is 9.19. The molecule has 184 valence electrons. The lowest BCUT2D eigenvalue weighted by Crippen LogP contribution is -2.20. The molecule has 4 heterocycles. The summed E-state index contributed by atoms with van der Waals surface area (Å²) in [5.74, 6) is -0.311. The SMILES string of the molecule is CN(C)CCNc1cc(F)cc(-c2nccc3[nH]c(-c4n[nH]c5ccc(-c6cnccn6)cc45)cc23)c1. The van der Waals surface area contributed by atoms with Gasteiger partial charge in [0.2, 0.25) is 0 Å². The maximum atomic E-state index is 14.6. The Kier molecular flexibility index (Phi) is 5.82. The van der Waals surface area contributed by atoms with E-state index in [-0.39, 0.29) is 5.82 Å². The number of nitrogens with zero attached hydrogens (tertiary/aromatic N) is 5. The predicted molar refractivity (Wildman–Crippen MR) is 145 cm³/mol. The average Bonchev–Trinajstić information content (AvgIpc) is 3.52. The molecule has 0 radical (unpaired) electrons. The minimum Gasteiger partial charge on any atom is -0.384 e. The quantitative estimate of drug-likeness (QED) is 0.278. The number of rotatable bonds is 7. The van der Waals surface area contributed by atoms with E-state index in [1.165, 1.54) is 12.1 Å². The molecule has 0 spiro atoms. The highest BCUT2D eigenvalue weighted by atomic mass is 19.1. The lowest BCUT2D eigenvalue weighted by molar-refractivity contribution is 0.425. The highest BCUT2D eigenvalue weighted by Gasteiger charge is 2.16. The van der Waals surface area contributed by atoms with Crippen LogP contribution in [0.3, 0.4) is 0 Å². The van der Waals surface area contributed by atoms with E-state index in [4.69, 9.17) is 0 Å². The van der Waals surface area contributed by atoms with Crippen LogP contribution in [-0.4, -0.2) is 62.2 Å². The molecule has 6 aromatic rings. The third-order valence-electron chi connectivity index (χ3n) is 6.28. The van der Waals surface area contributed by atoms with E-state index >= 15 is 0 Å². The second-order valence-corrected chi connectivity index (χ2v) is 9.19. The lowest BCUT2D eigenvalue weighted by atomic mass is 10.1. The molecule has 0 unspecified atom stereocenters. The summed E-state index contributed by atoms with van der Waals surface area (Å²) in [6.45, 7) is 1.56. The van der Waals surface area contributed by atoms with Crippen molar-refractivity contribution in [3.8, 4) is 33.9 Å². The predicted octanol–water partition coefficient (Wildman–Crippen LogP) is 5.34. The summed E-state index contributed by atoms with van der Waals surface area (Å²) in [5, 5.41) is 12.9. The third kappa shape index (κ3) is 4.52. The standard InChI is InChI=1S/C28H25FN8/c1-37(2)10-9-31-20-12-18(11-19(29)14-20)27-22-15-25(34-23(22)5-6-33-27)28-21-13-17(3-4-24(21)35-36-28)26-16-30-7-8-32-26/h3-8,11-16,31,34H,9-10H2,1-2H3,(H,35,36). The van der Waals surface area contributed by atoms with E-state index in [1.807, 2.05) is 44.4 Å². The van der Waals surface area contributed by atoms with Gasteiger partial charge in [-0.1, -0.05) is 6.07 Å². The Morgan fingerprint density at radius 2 is 1.76 bits per heavy atom. The molecule has 0 saturated carbocycles. The summed E-state index contributed by atoms with van der Waals surface area (Å²) < 4.78 is 14.6. The zero-order chi connectivity index (χ0) is 25.4. The van der Waals surface area contributed by atoms with Crippen LogP contribution in [0.2, 0.25) is 0 Å². The lowest BCUT2D eigenvalue weighted by Gasteiger charge is -2.12. The van der Waals surface area contributed by atoms with E-state index in [9.17, 15) is 4.39 Å². The fraction of sp³-hybridized carbons (Fsp3) is 0.143. The number of nitrogens with one attached hydrogen (secondary N) is 3. The van der Waals surface area contributed by atoms with Crippen LogP contribution in [0.5, 0.6) is 0 Å². The smallest absolute Gasteiger partial charge is 0.125 e. The topological polar surface area (TPSA) is 98.4 Å². The highest BCUT2D eigenvalue weighted by molar-refractivity contribution is 6.00. The monoisotopic (exact) mass is 492 g/mol. The normalized spacial score (nSPS) is 11.6. The van der Waals surface area contributed by atoms with E-state index in [0.717, 1.165) is 56.7 Å². The van der Waals surface area contributed by atoms with E-state index in [0.29, 0.717) is 17.8 Å². The Balaban J connectivity index is 1.41. The number of hydrogen-bond donors (Lipinski definition) is 3. The fourth-order valence-corrected chi connectivity index (χ4v) is 4.49. The number of aromatic amines is 2. The zero-order valence-corrected chi connectivity index (χ0v) is 20.5. The van der Waals surface area contributed by atoms with Crippen molar-refractivity contribution in [3.05, 3.63) is 79.1 Å². The molecule has 8 nitrogen and oxygen atoms in total. The summed E-state index contributed by atoms with van der Waals surface area (Å²) in [7, 11) is 4.01. The van der Waals surface area contributed by atoms with Crippen LogP contribution in [0, 0.1) is 5.82 Å². The molecule has 0 amide bonds. The maximum Gasteiger partial charge on any atom is 0.125 e. The van der Waals surface area contributed by atoms with Gasteiger partial charge in [-0.2, -0.15) is 5.10 Å². The van der Waals surface area contributed by atoms with Gasteiger partial charge in [0.25, 0.3) is 0 Å². The molecular formula is C28H25FN8. The average molecular weight is 493 g/mol. The van der Waals surface area contributed by atoms with Crippen LogP contribution in [-0.2, 0) is 0 Å². The first-order valence-corrected chi connectivity index (χ1v) is 12.0. The molecule has 3 N–H and O–H groups in total. The summed E-state index contributed by atoms with van der Waals surface area (Å²) in [4.78, 5) is 18.8. The van der Waals surface area contributed by atoms with Crippen molar-refractivity contribution < 1.29 is 4.39 Å². The Labute approximate surface area is 212 Å². The van der Waals surface area contributed by atoms with E-state index in [1.54, 1.807) is 24.8 Å². The third-order valence-corrected chi connectivity index (χ3v) is 6.28. The molecule has 6 rings (SSSR count). The van der Waals surface area contributed by atoms with Gasteiger partial charge in [-0.25, -0.2) is 4.39 Å². The van der Waals surface area contributed by atoms with Gasteiger partial charge in [-0.3, -0.25) is 20.1 Å². The van der Waals surface area contributed by atoms with Gasteiger partial charge in [0, 0.05) is 64.8 Å². The largest absolute Gasteiger partial charge is 0.384 e. The molecule has 0 atom stereocenters.